The van der Waals surface area contributed by atoms with Crippen LogP contribution in [0.25, 0.3) is 0 Å². The van der Waals surface area contributed by atoms with E-state index in [4.69, 9.17) is 16.0 Å². The van der Waals surface area contributed by atoms with Gasteiger partial charge in [-0.1, -0.05) is 11.6 Å². The Labute approximate surface area is 135 Å². The van der Waals surface area contributed by atoms with Gasteiger partial charge in [-0.05, 0) is 45.6 Å². The van der Waals surface area contributed by atoms with Crippen molar-refractivity contribution in [1.82, 2.24) is 15.2 Å². The van der Waals surface area contributed by atoms with E-state index in [-0.39, 0.29) is 6.03 Å². The molecule has 1 aromatic heterocycles. The summed E-state index contributed by atoms with van der Waals surface area (Å²) in [7, 11) is 0. The Morgan fingerprint density at radius 3 is 3.10 bits per heavy atom. The Kier molecular flexibility index (Phi) is 4.17. The summed E-state index contributed by atoms with van der Waals surface area (Å²) in [5.41, 5.74) is 3.02. The number of oxazole rings is 1. The van der Waals surface area contributed by atoms with Crippen molar-refractivity contribution in [3.8, 4) is 0 Å². The number of benzene rings is 1. The van der Waals surface area contributed by atoms with Crippen molar-refractivity contribution in [1.29, 1.82) is 0 Å². The second-order valence-corrected chi connectivity index (χ2v) is 6.11. The first-order chi connectivity index (χ1) is 10.1. The Bertz CT molecular complexity index is 660. The minimum Gasteiger partial charge on any atom is -0.451 e. The molecular formula is C14H13BrClN3O2. The van der Waals surface area contributed by atoms with E-state index in [0.717, 1.165) is 16.5 Å². The van der Waals surface area contributed by atoms with Gasteiger partial charge in [-0.3, -0.25) is 0 Å². The van der Waals surface area contributed by atoms with Crippen molar-refractivity contribution in [3.05, 3.63) is 51.1 Å². The zero-order valence-corrected chi connectivity index (χ0v) is 13.4. The van der Waals surface area contributed by atoms with Crippen molar-refractivity contribution in [2.45, 2.75) is 19.5 Å². The first-order valence-electron chi connectivity index (χ1n) is 6.50. The van der Waals surface area contributed by atoms with E-state index in [1.807, 2.05) is 12.1 Å². The van der Waals surface area contributed by atoms with E-state index in [1.165, 1.54) is 18.2 Å². The standard InChI is InChI=1S/C14H13BrClN3O2/c15-12-3-9-1-2-19(6-10(9)4-13(12)16)14(20)17-5-11-7-21-8-18-11/h3-4,7-8H,1-2,5-6H2,(H,17,20). The highest BCUT2D eigenvalue weighted by Crippen LogP contribution is 2.29. The van der Waals surface area contributed by atoms with Crippen LogP contribution in [0.2, 0.25) is 5.02 Å². The Morgan fingerprint density at radius 1 is 1.48 bits per heavy atom. The van der Waals surface area contributed by atoms with Crippen molar-refractivity contribution >= 4 is 33.6 Å². The van der Waals surface area contributed by atoms with E-state index in [1.54, 1.807) is 4.90 Å². The quantitative estimate of drug-likeness (QED) is 0.882. The van der Waals surface area contributed by atoms with Gasteiger partial charge in [0.15, 0.2) is 6.39 Å². The molecule has 0 spiro atoms. The number of aromatic nitrogens is 1. The molecule has 21 heavy (non-hydrogen) atoms. The molecule has 1 aromatic carbocycles. The normalized spacial score (nSPS) is 13.9. The highest BCUT2D eigenvalue weighted by Gasteiger charge is 2.21. The minimum atomic E-state index is -0.109. The van der Waals surface area contributed by atoms with Crippen LogP contribution in [0.4, 0.5) is 4.79 Å². The number of halogens is 2. The molecule has 0 atom stereocenters. The Balaban J connectivity index is 1.65. The molecule has 0 saturated heterocycles. The number of amides is 2. The number of nitrogens with zero attached hydrogens (tertiary/aromatic N) is 2. The molecule has 1 N–H and O–H groups in total. The van der Waals surface area contributed by atoms with Gasteiger partial charge in [-0.15, -0.1) is 0 Å². The molecule has 1 aliphatic heterocycles. The predicted octanol–water partition coefficient (Wildman–Crippen LogP) is 3.36. The summed E-state index contributed by atoms with van der Waals surface area (Å²) >= 11 is 9.54. The molecule has 0 saturated carbocycles. The zero-order valence-electron chi connectivity index (χ0n) is 11.1. The van der Waals surface area contributed by atoms with E-state index >= 15 is 0 Å². The zero-order chi connectivity index (χ0) is 14.8. The van der Waals surface area contributed by atoms with Gasteiger partial charge < -0.3 is 14.6 Å². The molecule has 5 nitrogen and oxygen atoms in total. The molecule has 2 aromatic rings. The predicted molar refractivity (Wildman–Crippen MR) is 82.0 cm³/mol. The van der Waals surface area contributed by atoms with Crippen LogP contribution >= 0.6 is 27.5 Å². The van der Waals surface area contributed by atoms with E-state index in [2.05, 4.69) is 26.2 Å². The second kappa shape index (κ2) is 6.07. The summed E-state index contributed by atoms with van der Waals surface area (Å²) in [5.74, 6) is 0. The molecule has 1 aliphatic rings. The summed E-state index contributed by atoms with van der Waals surface area (Å²) in [5, 5.41) is 3.50. The maximum atomic E-state index is 12.2. The van der Waals surface area contributed by atoms with Crippen LogP contribution in [-0.4, -0.2) is 22.5 Å². The number of hydrogen-bond donors (Lipinski definition) is 1. The molecule has 0 radical (unpaired) electrons. The number of carbonyl (C=O) groups is 1. The number of urea groups is 1. The van der Waals surface area contributed by atoms with Crippen molar-refractivity contribution in [2.24, 2.45) is 0 Å². The van der Waals surface area contributed by atoms with Gasteiger partial charge in [0.05, 0.1) is 17.3 Å². The fourth-order valence-corrected chi connectivity index (χ4v) is 2.90. The van der Waals surface area contributed by atoms with Crippen LogP contribution in [0.5, 0.6) is 0 Å². The minimum absolute atomic E-state index is 0.109. The van der Waals surface area contributed by atoms with E-state index in [0.29, 0.717) is 30.4 Å². The Morgan fingerprint density at radius 2 is 2.33 bits per heavy atom. The fraction of sp³-hybridized carbons (Fsp3) is 0.286. The molecule has 7 heteroatoms. The first kappa shape index (κ1) is 14.4. The molecule has 3 rings (SSSR count). The summed E-state index contributed by atoms with van der Waals surface area (Å²) in [6.45, 7) is 1.61. The molecule has 110 valence electrons. The number of carbonyl (C=O) groups excluding carboxylic acids is 1. The van der Waals surface area contributed by atoms with E-state index in [9.17, 15) is 4.79 Å². The number of rotatable bonds is 2. The average Bonchev–Trinajstić information content (AvgIpc) is 2.99. The third-order valence-electron chi connectivity index (χ3n) is 3.45. The summed E-state index contributed by atoms with van der Waals surface area (Å²) < 4.78 is 5.76. The molecule has 0 fully saturated rings. The molecular weight excluding hydrogens is 358 g/mol. The van der Waals surface area contributed by atoms with Gasteiger partial charge in [0.1, 0.15) is 6.26 Å². The lowest BCUT2D eigenvalue weighted by Crippen LogP contribution is -2.42. The topological polar surface area (TPSA) is 58.4 Å². The Hall–Kier alpha value is -1.53. The molecule has 2 amide bonds. The lowest BCUT2D eigenvalue weighted by molar-refractivity contribution is 0.192. The van der Waals surface area contributed by atoms with Crippen LogP contribution in [-0.2, 0) is 19.5 Å². The maximum Gasteiger partial charge on any atom is 0.318 e. The van der Waals surface area contributed by atoms with Crippen LogP contribution < -0.4 is 5.32 Å². The first-order valence-corrected chi connectivity index (χ1v) is 7.67. The molecule has 0 bridgehead atoms. The van der Waals surface area contributed by atoms with Crippen molar-refractivity contribution in [2.75, 3.05) is 6.54 Å². The van der Waals surface area contributed by atoms with E-state index < -0.39 is 0 Å². The third-order valence-corrected chi connectivity index (χ3v) is 4.64. The smallest absolute Gasteiger partial charge is 0.318 e. The number of nitrogens with one attached hydrogen (secondary N) is 1. The van der Waals surface area contributed by atoms with Crippen LogP contribution in [0, 0.1) is 0 Å². The van der Waals surface area contributed by atoms with Crippen molar-refractivity contribution < 1.29 is 9.21 Å². The van der Waals surface area contributed by atoms with Gasteiger partial charge in [-0.2, -0.15) is 0 Å². The van der Waals surface area contributed by atoms with Crippen molar-refractivity contribution in [3.63, 3.8) is 0 Å². The SMILES string of the molecule is O=C(NCc1cocn1)N1CCc2cc(Br)c(Cl)cc2C1. The largest absolute Gasteiger partial charge is 0.451 e. The van der Waals surface area contributed by atoms with Gasteiger partial charge in [0.2, 0.25) is 0 Å². The van der Waals surface area contributed by atoms with Crippen LogP contribution in [0.15, 0.2) is 33.7 Å². The fourth-order valence-electron chi connectivity index (χ4n) is 2.33. The molecule has 0 aliphatic carbocycles. The lowest BCUT2D eigenvalue weighted by Gasteiger charge is -2.29. The maximum absolute atomic E-state index is 12.2. The van der Waals surface area contributed by atoms with Gasteiger partial charge in [-0.25, -0.2) is 9.78 Å². The summed E-state index contributed by atoms with van der Waals surface area (Å²) in [6, 6.07) is 3.84. The molecule has 2 heterocycles. The van der Waals surface area contributed by atoms with Gasteiger partial charge in [0, 0.05) is 17.6 Å². The highest BCUT2D eigenvalue weighted by atomic mass is 79.9. The highest BCUT2D eigenvalue weighted by molar-refractivity contribution is 9.10. The van der Waals surface area contributed by atoms with Gasteiger partial charge in [0.25, 0.3) is 0 Å². The number of hydrogen-bond acceptors (Lipinski definition) is 3. The van der Waals surface area contributed by atoms with Crippen LogP contribution in [0.1, 0.15) is 16.8 Å². The lowest BCUT2D eigenvalue weighted by atomic mass is 10.0. The monoisotopic (exact) mass is 369 g/mol. The molecule has 0 unspecified atom stereocenters. The third kappa shape index (κ3) is 3.22. The van der Waals surface area contributed by atoms with Gasteiger partial charge >= 0.3 is 6.03 Å². The number of fused-ring (bicyclic) bond motifs is 1. The average molecular weight is 371 g/mol. The summed E-state index contributed by atoms with van der Waals surface area (Å²) in [6.07, 6.45) is 3.68. The van der Waals surface area contributed by atoms with Crippen LogP contribution in [0.3, 0.4) is 0 Å². The second-order valence-electron chi connectivity index (χ2n) is 4.85. The summed E-state index contributed by atoms with van der Waals surface area (Å²) in [4.78, 5) is 17.9.